The number of carbonyl (C=O) groups excluding carboxylic acids is 1. The minimum Gasteiger partial charge on any atom is -0.497 e. The van der Waals surface area contributed by atoms with Crippen LogP contribution in [0.4, 0.5) is 10.1 Å². The van der Waals surface area contributed by atoms with Gasteiger partial charge >= 0.3 is 0 Å². The van der Waals surface area contributed by atoms with E-state index in [-0.39, 0.29) is 17.3 Å². The molecule has 0 saturated carbocycles. The van der Waals surface area contributed by atoms with Gasteiger partial charge in [0, 0.05) is 6.54 Å². The van der Waals surface area contributed by atoms with E-state index in [2.05, 4.69) is 5.32 Å². The third kappa shape index (κ3) is 7.36. The first kappa shape index (κ1) is 27.7. The summed E-state index contributed by atoms with van der Waals surface area (Å²) in [6.45, 7) is 2.02. The third-order valence-corrected chi connectivity index (χ3v) is 7.78. The molecule has 4 aromatic rings. The molecule has 0 heterocycles. The summed E-state index contributed by atoms with van der Waals surface area (Å²) in [4.78, 5) is 13.0. The number of hydrogen-bond acceptors (Lipinski definition) is 5. The highest BCUT2D eigenvalue weighted by molar-refractivity contribution is 7.92. The quantitative estimate of drug-likeness (QED) is 0.277. The summed E-state index contributed by atoms with van der Waals surface area (Å²) >= 11 is 0. The van der Waals surface area contributed by atoms with Gasteiger partial charge in [-0.3, -0.25) is 9.10 Å². The van der Waals surface area contributed by atoms with Gasteiger partial charge in [-0.15, -0.1) is 0 Å². The molecule has 0 bridgehead atoms. The zero-order valence-electron chi connectivity index (χ0n) is 21.6. The Morgan fingerprint density at radius 1 is 0.821 bits per heavy atom. The number of ether oxygens (including phenoxy) is 2. The third-order valence-electron chi connectivity index (χ3n) is 5.99. The summed E-state index contributed by atoms with van der Waals surface area (Å²) in [7, 11) is -2.53. The Balaban J connectivity index is 1.40. The summed E-state index contributed by atoms with van der Waals surface area (Å²) in [6.07, 6.45) is 0. The van der Waals surface area contributed by atoms with Crippen molar-refractivity contribution >= 4 is 21.6 Å². The Bertz CT molecular complexity index is 1490. The normalized spacial score (nSPS) is 11.1. The van der Waals surface area contributed by atoms with E-state index in [0.717, 1.165) is 21.0 Å². The van der Waals surface area contributed by atoms with Gasteiger partial charge in [-0.25, -0.2) is 12.8 Å². The second kappa shape index (κ2) is 12.4. The minimum atomic E-state index is -4.03. The van der Waals surface area contributed by atoms with Crippen LogP contribution in [0.5, 0.6) is 11.5 Å². The van der Waals surface area contributed by atoms with Gasteiger partial charge in [0.05, 0.1) is 17.7 Å². The number of amides is 1. The molecule has 0 aromatic heterocycles. The van der Waals surface area contributed by atoms with Crippen molar-refractivity contribution in [2.24, 2.45) is 0 Å². The number of sulfonamides is 1. The first-order valence-electron chi connectivity index (χ1n) is 12.2. The summed E-state index contributed by atoms with van der Waals surface area (Å²) in [6, 6.07) is 26.2. The summed E-state index contributed by atoms with van der Waals surface area (Å²) in [5.41, 5.74) is 3.01. The van der Waals surface area contributed by atoms with E-state index < -0.39 is 22.5 Å². The molecular weight excluding hydrogens is 519 g/mol. The molecule has 0 spiro atoms. The van der Waals surface area contributed by atoms with Crippen LogP contribution in [0.1, 0.15) is 16.7 Å². The van der Waals surface area contributed by atoms with Gasteiger partial charge in [-0.2, -0.15) is 0 Å². The van der Waals surface area contributed by atoms with E-state index in [1.165, 1.54) is 31.4 Å². The van der Waals surface area contributed by atoms with Crippen LogP contribution in [0.15, 0.2) is 102 Å². The molecule has 0 fully saturated rings. The maximum Gasteiger partial charge on any atom is 0.264 e. The number of carbonyl (C=O) groups is 1. The van der Waals surface area contributed by atoms with Crippen molar-refractivity contribution in [3.63, 3.8) is 0 Å². The Morgan fingerprint density at radius 3 is 2.03 bits per heavy atom. The van der Waals surface area contributed by atoms with Crippen LogP contribution in [-0.2, 0) is 28.0 Å². The van der Waals surface area contributed by atoms with Crippen LogP contribution < -0.4 is 19.1 Å². The Hall–Kier alpha value is -4.37. The van der Waals surface area contributed by atoms with Crippen molar-refractivity contribution in [2.75, 3.05) is 18.0 Å². The number of nitrogens with one attached hydrogen (secondary N) is 1. The molecule has 1 N–H and O–H groups in total. The Labute approximate surface area is 227 Å². The van der Waals surface area contributed by atoms with E-state index in [0.29, 0.717) is 23.8 Å². The molecule has 0 aliphatic heterocycles. The van der Waals surface area contributed by atoms with E-state index >= 15 is 0 Å². The molecule has 7 nitrogen and oxygen atoms in total. The largest absolute Gasteiger partial charge is 0.497 e. The lowest BCUT2D eigenvalue weighted by Crippen LogP contribution is -2.40. The van der Waals surface area contributed by atoms with Crippen LogP contribution >= 0.6 is 0 Å². The fourth-order valence-electron chi connectivity index (χ4n) is 3.74. The predicted molar refractivity (Wildman–Crippen MR) is 148 cm³/mol. The second-order valence-corrected chi connectivity index (χ2v) is 10.7. The number of rotatable bonds is 11. The van der Waals surface area contributed by atoms with Gasteiger partial charge < -0.3 is 14.8 Å². The fourth-order valence-corrected chi connectivity index (χ4v) is 5.16. The molecule has 4 rings (SSSR count). The molecule has 39 heavy (non-hydrogen) atoms. The lowest BCUT2D eigenvalue weighted by Gasteiger charge is -2.24. The number of benzene rings is 4. The average Bonchev–Trinajstić information content (AvgIpc) is 2.95. The zero-order valence-corrected chi connectivity index (χ0v) is 22.5. The van der Waals surface area contributed by atoms with Crippen LogP contribution in [-0.4, -0.2) is 28.0 Å². The van der Waals surface area contributed by atoms with E-state index in [9.17, 15) is 17.6 Å². The number of nitrogens with zero attached hydrogens (tertiary/aromatic N) is 1. The smallest absolute Gasteiger partial charge is 0.264 e. The Kier molecular flexibility index (Phi) is 8.83. The van der Waals surface area contributed by atoms with E-state index in [4.69, 9.17) is 9.47 Å². The fraction of sp³-hybridized carbons (Fsp3) is 0.167. The Morgan fingerprint density at radius 2 is 1.41 bits per heavy atom. The maximum absolute atomic E-state index is 13.5. The van der Waals surface area contributed by atoms with Crippen molar-refractivity contribution in [1.29, 1.82) is 0 Å². The van der Waals surface area contributed by atoms with Gasteiger partial charge in [0.25, 0.3) is 10.0 Å². The number of aryl methyl sites for hydroxylation is 1. The minimum absolute atomic E-state index is 0.0490. The molecule has 0 aliphatic rings. The standard InChI is InChI=1S/C30H29FN2O5S/c1-22-3-11-26(12-4-22)33(39(35,36)29-17-15-27(37-2)16-18-29)20-30(34)32-19-23-7-13-28(14-8-23)38-21-24-5-9-25(31)10-6-24/h3-18H,19-21H2,1-2H3,(H,32,34). The van der Waals surface area contributed by atoms with Gasteiger partial charge in [0.15, 0.2) is 0 Å². The first-order chi connectivity index (χ1) is 18.7. The molecule has 4 aromatic carbocycles. The molecule has 0 aliphatic carbocycles. The SMILES string of the molecule is COc1ccc(S(=O)(=O)N(CC(=O)NCc2ccc(OCc3ccc(F)cc3)cc2)c2ccc(C)cc2)cc1. The van der Waals surface area contributed by atoms with Crippen molar-refractivity contribution in [3.05, 3.63) is 120 Å². The zero-order chi connectivity index (χ0) is 27.8. The van der Waals surface area contributed by atoms with Crippen molar-refractivity contribution in [3.8, 4) is 11.5 Å². The first-order valence-corrected chi connectivity index (χ1v) is 13.6. The van der Waals surface area contributed by atoms with Crippen LogP contribution in [0.25, 0.3) is 0 Å². The lowest BCUT2D eigenvalue weighted by molar-refractivity contribution is -0.119. The highest BCUT2D eigenvalue weighted by Gasteiger charge is 2.27. The van der Waals surface area contributed by atoms with Crippen LogP contribution in [0, 0.1) is 12.7 Å². The van der Waals surface area contributed by atoms with E-state index in [1.807, 2.05) is 19.1 Å². The molecule has 1 amide bonds. The number of methoxy groups -OCH3 is 1. The molecule has 9 heteroatoms. The van der Waals surface area contributed by atoms with Crippen molar-refractivity contribution in [2.45, 2.75) is 25.0 Å². The maximum atomic E-state index is 13.5. The van der Waals surface area contributed by atoms with Crippen LogP contribution in [0.3, 0.4) is 0 Å². The molecule has 202 valence electrons. The summed E-state index contributed by atoms with van der Waals surface area (Å²) in [5, 5.41) is 2.79. The highest BCUT2D eigenvalue weighted by Crippen LogP contribution is 2.25. The predicted octanol–water partition coefficient (Wildman–Crippen LogP) is 5.23. The average molecular weight is 549 g/mol. The second-order valence-electron chi connectivity index (χ2n) is 8.86. The van der Waals surface area contributed by atoms with Gasteiger partial charge in [-0.1, -0.05) is 42.0 Å². The van der Waals surface area contributed by atoms with Crippen LogP contribution in [0.2, 0.25) is 0 Å². The number of anilines is 1. The summed E-state index contributed by atoms with van der Waals surface area (Å²) < 4.78 is 52.0. The molecule has 0 saturated heterocycles. The monoisotopic (exact) mass is 548 g/mol. The number of hydrogen-bond donors (Lipinski definition) is 1. The molecule has 0 atom stereocenters. The van der Waals surface area contributed by atoms with Crippen molar-refractivity contribution in [1.82, 2.24) is 5.32 Å². The summed E-state index contributed by atoms with van der Waals surface area (Å²) in [5.74, 6) is 0.403. The molecule has 0 unspecified atom stereocenters. The lowest BCUT2D eigenvalue weighted by atomic mass is 10.2. The van der Waals surface area contributed by atoms with Gasteiger partial charge in [0.1, 0.15) is 30.5 Å². The topological polar surface area (TPSA) is 84.9 Å². The van der Waals surface area contributed by atoms with Gasteiger partial charge in [0.2, 0.25) is 5.91 Å². The highest BCUT2D eigenvalue weighted by atomic mass is 32.2. The van der Waals surface area contributed by atoms with E-state index in [1.54, 1.807) is 60.7 Å². The van der Waals surface area contributed by atoms with Crippen molar-refractivity contribution < 1.29 is 27.1 Å². The number of halogens is 1. The molecular formula is C30H29FN2O5S. The van der Waals surface area contributed by atoms with Gasteiger partial charge in [-0.05, 0) is 78.7 Å². The molecule has 0 radical (unpaired) electrons.